The van der Waals surface area contributed by atoms with Crippen molar-refractivity contribution in [3.05, 3.63) is 0 Å². The zero-order valence-electron chi connectivity index (χ0n) is 8.26. The van der Waals surface area contributed by atoms with E-state index in [2.05, 4.69) is 4.89 Å². The third kappa shape index (κ3) is 3.22. The number of carbonyl (C=O) groups excluding carboxylic acids is 1. The minimum atomic E-state index is -0.524. The van der Waals surface area contributed by atoms with Gasteiger partial charge in [-0.3, -0.25) is 0 Å². The maximum atomic E-state index is 11.1. The van der Waals surface area contributed by atoms with Crippen LogP contribution in [0.4, 0.5) is 0 Å². The highest BCUT2D eigenvalue weighted by Gasteiger charge is 2.31. The summed E-state index contributed by atoms with van der Waals surface area (Å²) in [5, 5.41) is 8.25. The van der Waals surface area contributed by atoms with Crippen LogP contribution in [0.5, 0.6) is 0 Å². The minimum absolute atomic E-state index is 0.143. The van der Waals surface area contributed by atoms with Crippen LogP contribution in [0, 0.1) is 11.3 Å². The van der Waals surface area contributed by atoms with Crippen LogP contribution in [0.25, 0.3) is 0 Å². The van der Waals surface area contributed by atoms with Crippen molar-refractivity contribution in [1.82, 2.24) is 0 Å². The summed E-state index contributed by atoms with van der Waals surface area (Å²) in [4.78, 5) is 14.8. The van der Waals surface area contributed by atoms with Crippen LogP contribution in [0.2, 0.25) is 0 Å². The second-order valence-electron chi connectivity index (χ2n) is 4.12. The molecule has 1 unspecified atom stereocenters. The van der Waals surface area contributed by atoms with Gasteiger partial charge >= 0.3 is 5.97 Å². The Morgan fingerprint density at radius 1 is 1.50 bits per heavy atom. The molecule has 1 atom stereocenters. The van der Waals surface area contributed by atoms with Gasteiger partial charge in [-0.15, -0.1) is 0 Å². The van der Waals surface area contributed by atoms with Crippen molar-refractivity contribution in [1.29, 1.82) is 0 Å². The van der Waals surface area contributed by atoms with Gasteiger partial charge in [0.2, 0.25) is 0 Å². The molecule has 0 radical (unpaired) electrons. The highest BCUT2D eigenvalue weighted by Crippen LogP contribution is 2.30. The number of hydrogen-bond acceptors (Lipinski definition) is 3. The van der Waals surface area contributed by atoms with Crippen molar-refractivity contribution in [2.24, 2.45) is 11.3 Å². The van der Waals surface area contributed by atoms with Gasteiger partial charge in [0.15, 0.2) is 0 Å². The van der Waals surface area contributed by atoms with E-state index < -0.39 is 5.97 Å². The first-order valence-electron chi connectivity index (χ1n) is 4.28. The standard InChI is InChI=1S/C9H18O3/c1-5-6-7(8(10)12-11)9(2,3)4/h7,11H,5-6H2,1-4H3. The lowest BCUT2D eigenvalue weighted by atomic mass is 9.78. The van der Waals surface area contributed by atoms with Crippen LogP contribution < -0.4 is 0 Å². The molecule has 0 aromatic heterocycles. The van der Waals surface area contributed by atoms with E-state index in [1.54, 1.807) is 0 Å². The van der Waals surface area contributed by atoms with Crippen molar-refractivity contribution in [3.8, 4) is 0 Å². The molecule has 0 aromatic rings. The fourth-order valence-electron chi connectivity index (χ4n) is 1.26. The monoisotopic (exact) mass is 174 g/mol. The van der Waals surface area contributed by atoms with Gasteiger partial charge in [-0.25, -0.2) is 4.79 Å². The average Bonchev–Trinajstić information content (AvgIpc) is 1.96. The van der Waals surface area contributed by atoms with Gasteiger partial charge in [-0.2, -0.15) is 5.26 Å². The fraction of sp³-hybridized carbons (Fsp3) is 0.889. The van der Waals surface area contributed by atoms with E-state index in [0.717, 1.165) is 12.8 Å². The smallest absolute Gasteiger partial charge is 0.301 e. The predicted octanol–water partition coefficient (Wildman–Crippen LogP) is 2.47. The van der Waals surface area contributed by atoms with Crippen molar-refractivity contribution in [2.75, 3.05) is 0 Å². The van der Waals surface area contributed by atoms with Gasteiger partial charge in [-0.05, 0) is 11.8 Å². The Hall–Kier alpha value is -0.570. The molecule has 0 aliphatic rings. The summed E-state index contributed by atoms with van der Waals surface area (Å²) in [6, 6.07) is 0. The topological polar surface area (TPSA) is 46.5 Å². The van der Waals surface area contributed by atoms with E-state index in [9.17, 15) is 4.79 Å². The van der Waals surface area contributed by atoms with Crippen LogP contribution in [-0.2, 0) is 9.68 Å². The lowest BCUT2D eigenvalue weighted by molar-refractivity contribution is -0.242. The highest BCUT2D eigenvalue weighted by atomic mass is 17.1. The zero-order valence-corrected chi connectivity index (χ0v) is 8.26. The molecule has 0 aliphatic heterocycles. The largest absolute Gasteiger partial charge is 0.345 e. The molecule has 0 aromatic carbocycles. The first-order valence-corrected chi connectivity index (χ1v) is 4.28. The van der Waals surface area contributed by atoms with Gasteiger partial charge in [0.05, 0.1) is 5.92 Å². The Kier molecular flexibility index (Phi) is 4.24. The van der Waals surface area contributed by atoms with Crippen LogP contribution in [0.3, 0.4) is 0 Å². The van der Waals surface area contributed by atoms with Gasteiger partial charge in [0.1, 0.15) is 0 Å². The summed E-state index contributed by atoms with van der Waals surface area (Å²) in [6.07, 6.45) is 1.67. The molecule has 0 spiro atoms. The molecule has 0 saturated heterocycles. The summed E-state index contributed by atoms with van der Waals surface area (Å²) >= 11 is 0. The molecule has 0 heterocycles. The van der Waals surface area contributed by atoms with Crippen LogP contribution in [-0.4, -0.2) is 11.2 Å². The predicted molar refractivity (Wildman–Crippen MR) is 46.6 cm³/mol. The van der Waals surface area contributed by atoms with Crippen molar-refractivity contribution in [3.63, 3.8) is 0 Å². The maximum absolute atomic E-state index is 11.1. The Morgan fingerprint density at radius 3 is 2.25 bits per heavy atom. The number of carbonyl (C=O) groups is 1. The van der Waals surface area contributed by atoms with E-state index in [0.29, 0.717) is 0 Å². The molecule has 0 aliphatic carbocycles. The molecule has 3 nitrogen and oxygen atoms in total. The lowest BCUT2D eigenvalue weighted by Gasteiger charge is -2.26. The molecule has 0 fully saturated rings. The Balaban J connectivity index is 4.33. The van der Waals surface area contributed by atoms with Crippen LogP contribution in [0.15, 0.2) is 0 Å². The van der Waals surface area contributed by atoms with Crippen LogP contribution in [0.1, 0.15) is 40.5 Å². The molecule has 72 valence electrons. The zero-order chi connectivity index (χ0) is 9.78. The molecule has 0 saturated carbocycles. The Morgan fingerprint density at radius 2 is 2.00 bits per heavy atom. The van der Waals surface area contributed by atoms with Crippen molar-refractivity contribution >= 4 is 5.97 Å². The van der Waals surface area contributed by atoms with Gasteiger partial charge in [-0.1, -0.05) is 34.1 Å². The highest BCUT2D eigenvalue weighted by molar-refractivity contribution is 5.72. The molecular weight excluding hydrogens is 156 g/mol. The summed E-state index contributed by atoms with van der Waals surface area (Å²) in [5.74, 6) is -0.739. The second kappa shape index (κ2) is 4.45. The van der Waals surface area contributed by atoms with Crippen molar-refractivity contribution < 1.29 is 14.9 Å². The molecule has 0 bridgehead atoms. The van der Waals surface area contributed by atoms with Crippen LogP contribution >= 0.6 is 0 Å². The fourth-order valence-corrected chi connectivity index (χ4v) is 1.26. The van der Waals surface area contributed by atoms with E-state index in [-0.39, 0.29) is 11.3 Å². The van der Waals surface area contributed by atoms with Gasteiger partial charge < -0.3 is 4.89 Å². The molecule has 3 heteroatoms. The number of rotatable bonds is 3. The molecule has 1 N–H and O–H groups in total. The summed E-state index contributed by atoms with van der Waals surface area (Å²) < 4.78 is 0. The SMILES string of the molecule is CCCC(C(=O)OO)C(C)(C)C. The van der Waals surface area contributed by atoms with Crippen molar-refractivity contribution in [2.45, 2.75) is 40.5 Å². The maximum Gasteiger partial charge on any atom is 0.345 e. The normalized spacial score (nSPS) is 14.1. The van der Waals surface area contributed by atoms with E-state index >= 15 is 0 Å². The van der Waals surface area contributed by atoms with Gasteiger partial charge in [0.25, 0.3) is 0 Å². The summed E-state index contributed by atoms with van der Waals surface area (Å²) in [5.41, 5.74) is -0.143. The lowest BCUT2D eigenvalue weighted by Crippen LogP contribution is -2.29. The summed E-state index contributed by atoms with van der Waals surface area (Å²) in [6.45, 7) is 7.89. The molecule has 12 heavy (non-hydrogen) atoms. The summed E-state index contributed by atoms with van der Waals surface area (Å²) in [7, 11) is 0. The van der Waals surface area contributed by atoms with Gasteiger partial charge in [0, 0.05) is 0 Å². The third-order valence-electron chi connectivity index (χ3n) is 2.00. The Bertz CT molecular complexity index is 146. The van der Waals surface area contributed by atoms with E-state index in [1.807, 2.05) is 27.7 Å². The first kappa shape index (κ1) is 11.4. The minimum Gasteiger partial charge on any atom is -0.301 e. The number of hydrogen-bond donors (Lipinski definition) is 1. The van der Waals surface area contributed by atoms with E-state index in [4.69, 9.17) is 5.26 Å². The Labute approximate surface area is 73.7 Å². The third-order valence-corrected chi connectivity index (χ3v) is 2.00. The quantitative estimate of drug-likeness (QED) is 0.528. The average molecular weight is 174 g/mol. The second-order valence-corrected chi connectivity index (χ2v) is 4.12. The molecule has 0 amide bonds. The molecular formula is C9H18O3. The molecule has 0 rings (SSSR count). The van der Waals surface area contributed by atoms with E-state index in [1.165, 1.54) is 0 Å². The first-order chi connectivity index (χ1) is 5.43.